The summed E-state index contributed by atoms with van der Waals surface area (Å²) < 4.78 is 0. The van der Waals surface area contributed by atoms with Gasteiger partial charge >= 0.3 is 0 Å². The van der Waals surface area contributed by atoms with Crippen molar-refractivity contribution in [2.45, 2.75) is 32.6 Å². The average molecular weight is 360 g/mol. The van der Waals surface area contributed by atoms with E-state index in [0.717, 1.165) is 32.4 Å². The number of carbonyl (C=O) groups is 2. The van der Waals surface area contributed by atoms with Crippen LogP contribution < -0.4 is 16.0 Å². The Kier molecular flexibility index (Phi) is 8.37. The van der Waals surface area contributed by atoms with Gasteiger partial charge in [-0.25, -0.2) is 0 Å². The first-order chi connectivity index (χ1) is 10.5. The summed E-state index contributed by atoms with van der Waals surface area (Å²) in [5.74, 6) is 0.429. The Balaban J connectivity index is 0.00000264. The number of piperidine rings is 1. The molecule has 1 aliphatic heterocycles. The highest BCUT2D eigenvalue weighted by Crippen LogP contribution is 2.26. The zero-order valence-corrected chi connectivity index (χ0v) is 14.7. The van der Waals surface area contributed by atoms with Gasteiger partial charge in [0.15, 0.2) is 0 Å². The lowest BCUT2D eigenvalue weighted by atomic mass is 9.93. The van der Waals surface area contributed by atoms with Gasteiger partial charge in [-0.15, -0.1) is 12.4 Å². The van der Waals surface area contributed by atoms with Crippen molar-refractivity contribution >= 4 is 47.2 Å². The van der Waals surface area contributed by atoms with Gasteiger partial charge in [-0.1, -0.05) is 11.6 Å². The molecule has 0 atom stereocenters. The molecule has 0 spiro atoms. The Morgan fingerprint density at radius 1 is 1.26 bits per heavy atom. The van der Waals surface area contributed by atoms with Gasteiger partial charge in [0.05, 0.1) is 10.7 Å². The number of benzene rings is 1. The molecule has 0 saturated carbocycles. The second-order valence-corrected chi connectivity index (χ2v) is 6.06. The van der Waals surface area contributed by atoms with Crippen LogP contribution in [0.15, 0.2) is 18.2 Å². The summed E-state index contributed by atoms with van der Waals surface area (Å²) in [7, 11) is 0. The smallest absolute Gasteiger partial charge is 0.224 e. The first kappa shape index (κ1) is 19.7. The standard InChI is InChI=1S/C16H22ClN3O2.ClH/c1-11(21)19-15-10-13(3-4-14(15)17)20-16(22)5-2-12-6-8-18-9-7-12;/h3-4,10,12,18H,2,5-9H2,1H3,(H,19,21)(H,20,22);1H. The van der Waals surface area contributed by atoms with E-state index in [1.165, 1.54) is 6.92 Å². The number of hydrogen-bond donors (Lipinski definition) is 3. The molecule has 1 heterocycles. The van der Waals surface area contributed by atoms with Crippen molar-refractivity contribution in [1.82, 2.24) is 5.32 Å². The normalized spacial score (nSPS) is 14.7. The fourth-order valence-electron chi connectivity index (χ4n) is 2.62. The van der Waals surface area contributed by atoms with Crippen molar-refractivity contribution in [3.63, 3.8) is 0 Å². The van der Waals surface area contributed by atoms with E-state index in [-0.39, 0.29) is 24.2 Å². The first-order valence-corrected chi connectivity index (χ1v) is 8.00. The Labute approximate surface area is 148 Å². The Morgan fingerprint density at radius 2 is 1.96 bits per heavy atom. The zero-order valence-electron chi connectivity index (χ0n) is 13.2. The Morgan fingerprint density at radius 3 is 2.61 bits per heavy atom. The molecule has 0 aliphatic carbocycles. The van der Waals surface area contributed by atoms with Gasteiger partial charge in [0.25, 0.3) is 0 Å². The van der Waals surface area contributed by atoms with Crippen LogP contribution in [0.4, 0.5) is 11.4 Å². The maximum atomic E-state index is 12.0. The highest BCUT2D eigenvalue weighted by Gasteiger charge is 2.14. The summed E-state index contributed by atoms with van der Waals surface area (Å²) in [5, 5.41) is 9.27. The topological polar surface area (TPSA) is 70.2 Å². The monoisotopic (exact) mass is 359 g/mol. The molecule has 7 heteroatoms. The van der Waals surface area contributed by atoms with E-state index in [9.17, 15) is 9.59 Å². The van der Waals surface area contributed by atoms with Crippen molar-refractivity contribution < 1.29 is 9.59 Å². The second kappa shape index (κ2) is 9.75. The molecule has 3 N–H and O–H groups in total. The summed E-state index contributed by atoms with van der Waals surface area (Å²) in [5.41, 5.74) is 1.15. The van der Waals surface area contributed by atoms with Gasteiger partial charge in [-0.05, 0) is 56.5 Å². The predicted octanol–water partition coefficient (Wildman–Crippen LogP) is 3.44. The van der Waals surface area contributed by atoms with Crippen LogP contribution in [0.3, 0.4) is 0 Å². The molecule has 1 aromatic carbocycles. The van der Waals surface area contributed by atoms with E-state index in [0.29, 0.717) is 28.7 Å². The molecule has 1 aliphatic rings. The highest BCUT2D eigenvalue weighted by molar-refractivity contribution is 6.33. The lowest BCUT2D eigenvalue weighted by Crippen LogP contribution is -2.28. The molecule has 1 aromatic rings. The molecule has 0 aromatic heterocycles. The third-order valence-corrected chi connectivity index (χ3v) is 4.13. The van der Waals surface area contributed by atoms with Gasteiger partial charge in [0.1, 0.15) is 0 Å². The summed E-state index contributed by atoms with van der Waals surface area (Å²) in [6.07, 6.45) is 3.71. The molecular weight excluding hydrogens is 337 g/mol. The molecule has 0 bridgehead atoms. The number of carbonyl (C=O) groups excluding carboxylic acids is 2. The average Bonchev–Trinajstić information content (AvgIpc) is 2.49. The van der Waals surface area contributed by atoms with E-state index in [1.807, 2.05) is 0 Å². The largest absolute Gasteiger partial charge is 0.326 e. The zero-order chi connectivity index (χ0) is 15.9. The first-order valence-electron chi connectivity index (χ1n) is 7.62. The third kappa shape index (κ3) is 6.77. The molecule has 128 valence electrons. The van der Waals surface area contributed by atoms with E-state index in [2.05, 4.69) is 16.0 Å². The van der Waals surface area contributed by atoms with Crippen LogP contribution in [0.25, 0.3) is 0 Å². The molecule has 1 saturated heterocycles. The van der Waals surface area contributed by atoms with Crippen LogP contribution in [0.1, 0.15) is 32.6 Å². The summed E-state index contributed by atoms with van der Waals surface area (Å²) in [6.45, 7) is 3.51. The van der Waals surface area contributed by atoms with Crippen LogP contribution in [-0.4, -0.2) is 24.9 Å². The van der Waals surface area contributed by atoms with Crippen LogP contribution in [-0.2, 0) is 9.59 Å². The van der Waals surface area contributed by atoms with Gasteiger partial charge in [-0.3, -0.25) is 9.59 Å². The number of nitrogens with one attached hydrogen (secondary N) is 3. The van der Waals surface area contributed by atoms with Crippen LogP contribution >= 0.6 is 24.0 Å². The Hall–Kier alpha value is -1.30. The van der Waals surface area contributed by atoms with E-state index >= 15 is 0 Å². The van der Waals surface area contributed by atoms with E-state index in [4.69, 9.17) is 11.6 Å². The van der Waals surface area contributed by atoms with Gasteiger partial charge < -0.3 is 16.0 Å². The van der Waals surface area contributed by atoms with Gasteiger partial charge in [0, 0.05) is 19.0 Å². The van der Waals surface area contributed by atoms with E-state index < -0.39 is 0 Å². The maximum Gasteiger partial charge on any atom is 0.224 e. The van der Waals surface area contributed by atoms with Crippen molar-refractivity contribution in [3.8, 4) is 0 Å². The maximum absolute atomic E-state index is 12.0. The molecule has 1 fully saturated rings. The van der Waals surface area contributed by atoms with Crippen molar-refractivity contribution in [3.05, 3.63) is 23.2 Å². The molecule has 0 radical (unpaired) electrons. The van der Waals surface area contributed by atoms with Crippen molar-refractivity contribution in [2.75, 3.05) is 23.7 Å². The summed E-state index contributed by atoms with van der Waals surface area (Å²) >= 11 is 6.01. The fourth-order valence-corrected chi connectivity index (χ4v) is 2.78. The Bertz CT molecular complexity index is 546. The van der Waals surface area contributed by atoms with E-state index in [1.54, 1.807) is 18.2 Å². The molecule has 2 amide bonds. The van der Waals surface area contributed by atoms with Crippen LogP contribution in [0, 0.1) is 5.92 Å². The number of hydrogen-bond acceptors (Lipinski definition) is 3. The number of amides is 2. The molecule has 0 unspecified atom stereocenters. The minimum Gasteiger partial charge on any atom is -0.326 e. The number of halogens is 2. The van der Waals surface area contributed by atoms with Crippen molar-refractivity contribution in [1.29, 1.82) is 0 Å². The predicted molar refractivity (Wildman–Crippen MR) is 96.5 cm³/mol. The van der Waals surface area contributed by atoms with Crippen LogP contribution in [0.2, 0.25) is 5.02 Å². The molecule has 23 heavy (non-hydrogen) atoms. The quantitative estimate of drug-likeness (QED) is 0.753. The lowest BCUT2D eigenvalue weighted by Gasteiger charge is -2.22. The fraction of sp³-hybridized carbons (Fsp3) is 0.500. The van der Waals surface area contributed by atoms with Crippen molar-refractivity contribution in [2.24, 2.45) is 5.92 Å². The third-order valence-electron chi connectivity index (χ3n) is 3.80. The highest BCUT2D eigenvalue weighted by atomic mass is 35.5. The minimum absolute atomic E-state index is 0. The minimum atomic E-state index is -0.198. The van der Waals surface area contributed by atoms with Gasteiger partial charge in [-0.2, -0.15) is 0 Å². The molecular formula is C16H23Cl2N3O2. The molecule has 2 rings (SSSR count). The molecule has 5 nitrogen and oxygen atoms in total. The summed E-state index contributed by atoms with van der Waals surface area (Å²) in [4.78, 5) is 23.1. The summed E-state index contributed by atoms with van der Waals surface area (Å²) in [6, 6.07) is 5.07. The van der Waals surface area contributed by atoms with Gasteiger partial charge in [0.2, 0.25) is 11.8 Å². The van der Waals surface area contributed by atoms with Crippen LogP contribution in [0.5, 0.6) is 0 Å². The lowest BCUT2D eigenvalue weighted by molar-refractivity contribution is -0.116. The second-order valence-electron chi connectivity index (χ2n) is 5.66. The number of anilines is 2. The SMILES string of the molecule is CC(=O)Nc1cc(NC(=O)CCC2CCNCC2)ccc1Cl.Cl. The number of rotatable bonds is 5.